The minimum Gasteiger partial charge on any atom is -0.310 e. The number of rotatable bonds is 4. The fourth-order valence-corrected chi connectivity index (χ4v) is 1.53. The van der Waals surface area contributed by atoms with Gasteiger partial charge in [-0.3, -0.25) is 4.79 Å². The molecular weight excluding hydrogens is 198 g/mol. The summed E-state index contributed by atoms with van der Waals surface area (Å²) in [6.07, 6.45) is 5.31. The number of carbonyl (C=O) groups excluding carboxylic acids is 1. The Morgan fingerprint density at radius 1 is 1.38 bits per heavy atom. The van der Waals surface area contributed by atoms with Crippen LogP contribution in [0.15, 0.2) is 30.3 Å². The standard InChI is InChI=1S/C14H18NO/c1-5-11-15(3,4)12(2)14(16)13-9-7-6-8-10-13/h1,6-10,12H,11H2,2-4H3/q+1. The van der Waals surface area contributed by atoms with Gasteiger partial charge in [0.25, 0.3) is 0 Å². The zero-order chi connectivity index (χ0) is 12.2. The van der Waals surface area contributed by atoms with Crippen LogP contribution in [-0.4, -0.2) is 36.9 Å². The van der Waals surface area contributed by atoms with E-state index in [9.17, 15) is 4.79 Å². The number of likely N-dealkylation sites (N-methyl/N-ethyl adjacent to an activating group) is 1. The average Bonchev–Trinajstić information content (AvgIpc) is 2.28. The Hall–Kier alpha value is -1.59. The molecule has 0 radical (unpaired) electrons. The highest BCUT2D eigenvalue weighted by Crippen LogP contribution is 2.12. The van der Waals surface area contributed by atoms with E-state index in [2.05, 4.69) is 5.92 Å². The first-order chi connectivity index (χ1) is 7.49. The molecule has 0 aliphatic carbocycles. The number of hydrogen-bond acceptors (Lipinski definition) is 1. The molecule has 1 aromatic carbocycles. The zero-order valence-electron chi connectivity index (χ0n) is 10.1. The Morgan fingerprint density at radius 3 is 2.44 bits per heavy atom. The molecule has 1 rings (SSSR count). The number of carbonyl (C=O) groups is 1. The molecule has 0 heterocycles. The third-order valence-corrected chi connectivity index (χ3v) is 2.99. The summed E-state index contributed by atoms with van der Waals surface area (Å²) >= 11 is 0. The van der Waals surface area contributed by atoms with Crippen molar-refractivity contribution in [2.75, 3.05) is 20.6 Å². The molecule has 0 amide bonds. The third kappa shape index (κ3) is 2.71. The van der Waals surface area contributed by atoms with Gasteiger partial charge in [-0.25, -0.2) is 0 Å². The summed E-state index contributed by atoms with van der Waals surface area (Å²) in [6, 6.07) is 9.22. The Bertz CT molecular complexity index is 400. The van der Waals surface area contributed by atoms with E-state index < -0.39 is 0 Å². The van der Waals surface area contributed by atoms with E-state index >= 15 is 0 Å². The Labute approximate surface area is 97.5 Å². The molecule has 0 spiro atoms. The monoisotopic (exact) mass is 216 g/mol. The van der Waals surface area contributed by atoms with Crippen molar-refractivity contribution in [1.29, 1.82) is 0 Å². The van der Waals surface area contributed by atoms with Crippen LogP contribution in [0.4, 0.5) is 0 Å². The number of benzene rings is 1. The highest BCUT2D eigenvalue weighted by Gasteiger charge is 2.30. The van der Waals surface area contributed by atoms with Crippen LogP contribution in [0.5, 0.6) is 0 Å². The van der Waals surface area contributed by atoms with Gasteiger partial charge in [-0.15, -0.1) is 6.42 Å². The summed E-state index contributed by atoms with van der Waals surface area (Å²) in [5, 5.41) is 0. The highest BCUT2D eigenvalue weighted by atomic mass is 16.1. The van der Waals surface area contributed by atoms with Crippen molar-refractivity contribution in [2.45, 2.75) is 13.0 Å². The fraction of sp³-hybridized carbons (Fsp3) is 0.357. The molecule has 2 heteroatoms. The summed E-state index contributed by atoms with van der Waals surface area (Å²) in [5.74, 6) is 2.75. The van der Waals surface area contributed by atoms with Crippen LogP contribution in [0.2, 0.25) is 0 Å². The van der Waals surface area contributed by atoms with Gasteiger partial charge in [0.15, 0.2) is 6.04 Å². The molecule has 2 nitrogen and oxygen atoms in total. The van der Waals surface area contributed by atoms with Gasteiger partial charge >= 0.3 is 0 Å². The van der Waals surface area contributed by atoms with E-state index in [4.69, 9.17) is 6.42 Å². The molecule has 1 atom stereocenters. The average molecular weight is 216 g/mol. The van der Waals surface area contributed by atoms with E-state index in [-0.39, 0.29) is 11.8 Å². The second kappa shape index (κ2) is 4.96. The summed E-state index contributed by atoms with van der Waals surface area (Å²) in [7, 11) is 3.96. The second-order valence-electron chi connectivity index (χ2n) is 4.55. The van der Waals surface area contributed by atoms with Crippen molar-refractivity contribution < 1.29 is 9.28 Å². The highest BCUT2D eigenvalue weighted by molar-refractivity contribution is 5.99. The SMILES string of the molecule is C#CC[N+](C)(C)C(C)C(=O)c1ccccc1. The molecule has 0 fully saturated rings. The summed E-state index contributed by atoms with van der Waals surface area (Å²) in [4.78, 5) is 12.2. The lowest BCUT2D eigenvalue weighted by Crippen LogP contribution is -2.51. The van der Waals surface area contributed by atoms with Crippen molar-refractivity contribution in [2.24, 2.45) is 0 Å². The first kappa shape index (κ1) is 12.5. The predicted octanol–water partition coefficient (Wildman–Crippen LogP) is 1.97. The van der Waals surface area contributed by atoms with Crippen molar-refractivity contribution in [1.82, 2.24) is 0 Å². The van der Waals surface area contributed by atoms with Crippen molar-refractivity contribution in [3.8, 4) is 12.3 Å². The Balaban J connectivity index is 2.88. The first-order valence-electron chi connectivity index (χ1n) is 5.34. The number of Topliss-reactive ketones (excluding diaryl/α,β-unsaturated/α-hetero) is 1. The van der Waals surface area contributed by atoms with E-state index in [1.165, 1.54) is 0 Å². The first-order valence-corrected chi connectivity index (χ1v) is 5.34. The maximum Gasteiger partial charge on any atom is 0.219 e. The molecule has 0 bridgehead atoms. The lowest BCUT2D eigenvalue weighted by molar-refractivity contribution is -0.896. The van der Waals surface area contributed by atoms with Gasteiger partial charge in [-0.05, 0) is 12.8 Å². The fourth-order valence-electron chi connectivity index (χ4n) is 1.53. The quantitative estimate of drug-likeness (QED) is 0.427. The van der Waals surface area contributed by atoms with Crippen LogP contribution in [0.3, 0.4) is 0 Å². The largest absolute Gasteiger partial charge is 0.310 e. The third-order valence-electron chi connectivity index (χ3n) is 2.99. The molecule has 0 N–H and O–H groups in total. The van der Waals surface area contributed by atoms with Crippen LogP contribution < -0.4 is 0 Å². The van der Waals surface area contributed by atoms with E-state index in [1.54, 1.807) is 0 Å². The van der Waals surface area contributed by atoms with Crippen LogP contribution in [-0.2, 0) is 0 Å². The number of hydrogen-bond donors (Lipinski definition) is 0. The molecule has 1 unspecified atom stereocenters. The Kier molecular flexibility index (Phi) is 3.87. The Morgan fingerprint density at radius 2 is 1.94 bits per heavy atom. The summed E-state index contributed by atoms with van der Waals surface area (Å²) in [5.41, 5.74) is 0.748. The van der Waals surface area contributed by atoms with Crippen LogP contribution in [0.25, 0.3) is 0 Å². The number of ketones is 1. The summed E-state index contributed by atoms with van der Waals surface area (Å²) in [6.45, 7) is 2.48. The molecule has 84 valence electrons. The van der Waals surface area contributed by atoms with Gasteiger partial charge in [0, 0.05) is 5.56 Å². The van der Waals surface area contributed by atoms with Gasteiger partial charge in [-0.2, -0.15) is 0 Å². The van der Waals surface area contributed by atoms with E-state index in [1.807, 2.05) is 51.4 Å². The maximum absolute atomic E-state index is 12.2. The molecule has 1 aromatic rings. The molecule has 0 aliphatic rings. The molecule has 0 aromatic heterocycles. The van der Waals surface area contributed by atoms with Crippen LogP contribution in [0.1, 0.15) is 17.3 Å². The lowest BCUT2D eigenvalue weighted by atomic mass is 10.0. The smallest absolute Gasteiger partial charge is 0.219 e. The van der Waals surface area contributed by atoms with Crippen molar-refractivity contribution in [3.05, 3.63) is 35.9 Å². The molecule has 0 saturated carbocycles. The minimum absolute atomic E-state index is 0.126. The topological polar surface area (TPSA) is 17.1 Å². The number of nitrogens with zero attached hydrogens (tertiary/aromatic N) is 1. The summed E-state index contributed by atoms with van der Waals surface area (Å²) < 4.78 is 0.518. The zero-order valence-corrected chi connectivity index (χ0v) is 10.1. The second-order valence-corrected chi connectivity index (χ2v) is 4.55. The molecule has 16 heavy (non-hydrogen) atoms. The van der Waals surface area contributed by atoms with E-state index in [0.717, 1.165) is 5.56 Å². The maximum atomic E-state index is 12.2. The van der Waals surface area contributed by atoms with Gasteiger partial charge < -0.3 is 4.48 Å². The van der Waals surface area contributed by atoms with Crippen molar-refractivity contribution >= 4 is 5.78 Å². The molecule has 0 saturated heterocycles. The molecule has 0 aliphatic heterocycles. The predicted molar refractivity (Wildman–Crippen MR) is 66.0 cm³/mol. The van der Waals surface area contributed by atoms with Gasteiger partial charge in [0.05, 0.1) is 14.1 Å². The number of terminal acetylenes is 1. The normalized spacial score (nSPS) is 12.9. The van der Waals surface area contributed by atoms with Gasteiger partial charge in [-0.1, -0.05) is 30.3 Å². The lowest BCUT2D eigenvalue weighted by Gasteiger charge is -2.33. The minimum atomic E-state index is -0.126. The van der Waals surface area contributed by atoms with Crippen LogP contribution >= 0.6 is 0 Å². The van der Waals surface area contributed by atoms with E-state index in [0.29, 0.717) is 11.0 Å². The van der Waals surface area contributed by atoms with Gasteiger partial charge in [0.1, 0.15) is 6.54 Å². The molecular formula is C14H18NO+. The van der Waals surface area contributed by atoms with Crippen LogP contribution in [0, 0.1) is 12.3 Å². The van der Waals surface area contributed by atoms with Crippen molar-refractivity contribution in [3.63, 3.8) is 0 Å². The number of quaternary nitrogens is 1. The van der Waals surface area contributed by atoms with Gasteiger partial charge in [0.2, 0.25) is 5.78 Å².